The molecular weight excluding hydrogens is 323 g/mol. The van der Waals surface area contributed by atoms with Crippen LogP contribution in [0.5, 0.6) is 0 Å². The molecule has 23 heavy (non-hydrogen) atoms. The second-order valence-electron chi connectivity index (χ2n) is 7.49. The number of rotatable bonds is 3. The topological polar surface area (TPSA) is 0 Å². The summed E-state index contributed by atoms with van der Waals surface area (Å²) in [6.07, 6.45) is 15.8. The van der Waals surface area contributed by atoms with Crippen molar-refractivity contribution in [2.45, 2.75) is 64.2 Å². The van der Waals surface area contributed by atoms with Crippen LogP contribution in [0.15, 0.2) is 30.4 Å². The van der Waals surface area contributed by atoms with Crippen molar-refractivity contribution in [1.29, 1.82) is 0 Å². The molecule has 0 spiro atoms. The molecule has 2 heteroatoms. The van der Waals surface area contributed by atoms with Gasteiger partial charge in [-0.1, -0.05) is 41.4 Å². The Balaban J connectivity index is 1.51. The zero-order valence-electron chi connectivity index (χ0n) is 14.1. The first kappa shape index (κ1) is 17.4. The first-order valence-corrected chi connectivity index (χ1v) is 10.0. The molecule has 2 aliphatic rings. The molecule has 126 valence electrons. The van der Waals surface area contributed by atoms with E-state index in [2.05, 4.69) is 31.2 Å². The molecule has 0 N–H and O–H groups in total. The van der Waals surface area contributed by atoms with E-state index in [0.717, 1.165) is 17.8 Å². The van der Waals surface area contributed by atoms with E-state index in [1.165, 1.54) is 56.9 Å². The van der Waals surface area contributed by atoms with Crippen LogP contribution in [-0.4, -0.2) is 0 Å². The van der Waals surface area contributed by atoms with Gasteiger partial charge in [-0.15, -0.1) is 0 Å². The van der Waals surface area contributed by atoms with E-state index in [0.29, 0.717) is 16.0 Å². The Labute approximate surface area is 151 Å². The van der Waals surface area contributed by atoms with E-state index in [-0.39, 0.29) is 0 Å². The van der Waals surface area contributed by atoms with Gasteiger partial charge in [0.05, 0.1) is 10.0 Å². The Hall–Kier alpha value is -0.460. The fraction of sp³-hybridized carbons (Fsp3) is 0.619. The first-order valence-electron chi connectivity index (χ1n) is 9.25. The molecule has 0 atom stereocenters. The largest absolute Gasteiger partial charge is 0.0914 e. The number of hydrogen-bond donors (Lipinski definition) is 0. The SMILES string of the molecule is C/C=C/C1CCC(C2CCC(c3ccc(Cl)c(Cl)c3)CC2)CC1. The van der Waals surface area contributed by atoms with Crippen molar-refractivity contribution in [2.24, 2.45) is 17.8 Å². The Morgan fingerprint density at radius 1 is 0.826 bits per heavy atom. The van der Waals surface area contributed by atoms with E-state index < -0.39 is 0 Å². The van der Waals surface area contributed by atoms with Gasteiger partial charge >= 0.3 is 0 Å². The minimum atomic E-state index is 0.669. The molecule has 0 amide bonds. The van der Waals surface area contributed by atoms with Crippen molar-refractivity contribution < 1.29 is 0 Å². The lowest BCUT2D eigenvalue weighted by molar-refractivity contribution is 0.171. The van der Waals surface area contributed by atoms with Crippen LogP contribution < -0.4 is 0 Å². The van der Waals surface area contributed by atoms with Gasteiger partial charge < -0.3 is 0 Å². The Kier molecular flexibility index (Phi) is 6.10. The standard InChI is InChI=1S/C21H28Cl2/c1-2-3-15-4-6-16(7-5-15)17-8-10-18(11-9-17)19-12-13-20(22)21(23)14-19/h2-3,12-18H,4-11H2,1H3/b3-2+. The number of hydrogen-bond acceptors (Lipinski definition) is 0. The molecule has 1 aromatic carbocycles. The molecular formula is C21H28Cl2. The highest BCUT2D eigenvalue weighted by atomic mass is 35.5. The molecule has 0 bridgehead atoms. The van der Waals surface area contributed by atoms with Gasteiger partial charge in [-0.2, -0.15) is 0 Å². The van der Waals surface area contributed by atoms with Crippen LogP contribution in [0.25, 0.3) is 0 Å². The highest BCUT2D eigenvalue weighted by Crippen LogP contribution is 2.44. The lowest BCUT2D eigenvalue weighted by Gasteiger charge is -2.37. The van der Waals surface area contributed by atoms with Gasteiger partial charge in [0.15, 0.2) is 0 Å². The fourth-order valence-electron chi connectivity index (χ4n) is 4.77. The predicted molar refractivity (Wildman–Crippen MR) is 101 cm³/mol. The van der Waals surface area contributed by atoms with Crippen molar-refractivity contribution in [1.82, 2.24) is 0 Å². The molecule has 0 aliphatic heterocycles. The van der Waals surface area contributed by atoms with E-state index in [1.807, 2.05) is 6.07 Å². The van der Waals surface area contributed by atoms with E-state index in [1.54, 1.807) is 0 Å². The maximum atomic E-state index is 6.19. The van der Waals surface area contributed by atoms with Crippen molar-refractivity contribution in [3.63, 3.8) is 0 Å². The van der Waals surface area contributed by atoms with Gasteiger partial charge in [0.1, 0.15) is 0 Å². The van der Waals surface area contributed by atoms with Crippen LogP contribution in [0.1, 0.15) is 69.8 Å². The average Bonchev–Trinajstić information content (AvgIpc) is 2.59. The van der Waals surface area contributed by atoms with Crippen LogP contribution in [0.3, 0.4) is 0 Å². The second kappa shape index (κ2) is 8.08. The van der Waals surface area contributed by atoms with Crippen molar-refractivity contribution >= 4 is 23.2 Å². The summed E-state index contributed by atoms with van der Waals surface area (Å²) in [6, 6.07) is 6.20. The van der Waals surface area contributed by atoms with Gasteiger partial charge in [0.2, 0.25) is 0 Å². The maximum absolute atomic E-state index is 6.19. The molecule has 0 nitrogen and oxygen atoms in total. The Morgan fingerprint density at radius 3 is 2.00 bits per heavy atom. The number of benzene rings is 1. The van der Waals surface area contributed by atoms with Crippen molar-refractivity contribution in [3.8, 4) is 0 Å². The Morgan fingerprint density at radius 2 is 1.43 bits per heavy atom. The quantitative estimate of drug-likeness (QED) is 0.491. The van der Waals surface area contributed by atoms with Gasteiger partial charge in [0, 0.05) is 0 Å². The third-order valence-electron chi connectivity index (χ3n) is 6.13. The van der Waals surface area contributed by atoms with E-state index in [9.17, 15) is 0 Å². The normalized spacial score (nSPS) is 32.3. The zero-order valence-corrected chi connectivity index (χ0v) is 15.6. The number of halogens is 2. The molecule has 2 saturated carbocycles. The molecule has 0 aromatic heterocycles. The average molecular weight is 351 g/mol. The summed E-state index contributed by atoms with van der Waals surface area (Å²) in [5, 5.41) is 1.37. The predicted octanol–water partition coefficient (Wildman–Crippen LogP) is 7.65. The van der Waals surface area contributed by atoms with E-state index >= 15 is 0 Å². The van der Waals surface area contributed by atoms with E-state index in [4.69, 9.17) is 23.2 Å². The summed E-state index contributed by atoms with van der Waals surface area (Å²) >= 11 is 12.2. The highest BCUT2D eigenvalue weighted by Gasteiger charge is 2.30. The van der Waals surface area contributed by atoms with Crippen LogP contribution in [0.2, 0.25) is 10.0 Å². The summed E-state index contributed by atoms with van der Waals surface area (Å²) in [6.45, 7) is 2.15. The number of allylic oxidation sites excluding steroid dienone is 2. The summed E-state index contributed by atoms with van der Waals surface area (Å²) < 4.78 is 0. The Bertz CT molecular complexity index is 533. The lowest BCUT2D eigenvalue weighted by atomic mass is 9.68. The third kappa shape index (κ3) is 4.34. The van der Waals surface area contributed by atoms with Crippen LogP contribution in [-0.2, 0) is 0 Å². The van der Waals surface area contributed by atoms with Gasteiger partial charge in [0.25, 0.3) is 0 Å². The molecule has 0 saturated heterocycles. The molecule has 1 aromatic rings. The monoisotopic (exact) mass is 350 g/mol. The molecule has 2 aliphatic carbocycles. The van der Waals surface area contributed by atoms with Crippen LogP contribution in [0.4, 0.5) is 0 Å². The smallest absolute Gasteiger partial charge is 0.0595 e. The van der Waals surface area contributed by atoms with Gasteiger partial charge in [-0.3, -0.25) is 0 Å². The molecule has 0 radical (unpaired) electrons. The zero-order chi connectivity index (χ0) is 16.2. The van der Waals surface area contributed by atoms with Crippen molar-refractivity contribution in [3.05, 3.63) is 46.0 Å². The van der Waals surface area contributed by atoms with Crippen LogP contribution >= 0.6 is 23.2 Å². The van der Waals surface area contributed by atoms with Crippen molar-refractivity contribution in [2.75, 3.05) is 0 Å². The summed E-state index contributed by atoms with van der Waals surface area (Å²) in [5.74, 6) is 3.47. The molecule has 0 unspecified atom stereocenters. The molecule has 2 fully saturated rings. The van der Waals surface area contributed by atoms with Crippen LogP contribution in [0, 0.1) is 17.8 Å². The highest BCUT2D eigenvalue weighted by molar-refractivity contribution is 6.42. The fourth-order valence-corrected chi connectivity index (χ4v) is 5.08. The molecule has 0 heterocycles. The summed E-state index contributed by atoms with van der Waals surface area (Å²) in [7, 11) is 0. The van der Waals surface area contributed by atoms with Gasteiger partial charge in [-0.05, 0) is 99.7 Å². The van der Waals surface area contributed by atoms with Gasteiger partial charge in [-0.25, -0.2) is 0 Å². The maximum Gasteiger partial charge on any atom is 0.0595 e. The minimum absolute atomic E-state index is 0.669. The summed E-state index contributed by atoms with van der Waals surface area (Å²) in [4.78, 5) is 0. The molecule has 3 rings (SSSR count). The summed E-state index contributed by atoms with van der Waals surface area (Å²) in [5.41, 5.74) is 1.38. The second-order valence-corrected chi connectivity index (χ2v) is 8.30. The lowest BCUT2D eigenvalue weighted by Crippen LogP contribution is -2.25. The third-order valence-corrected chi connectivity index (χ3v) is 6.87. The minimum Gasteiger partial charge on any atom is -0.0914 e. The first-order chi connectivity index (χ1) is 11.2.